The Hall–Kier alpha value is -6.06. The Balaban J connectivity index is 1.33. The molecule has 0 atom stereocenters. The van der Waals surface area contributed by atoms with Gasteiger partial charge in [0.1, 0.15) is 0 Å². The van der Waals surface area contributed by atoms with E-state index in [9.17, 15) is 0 Å². The van der Waals surface area contributed by atoms with Crippen molar-refractivity contribution in [3.8, 4) is 39.5 Å². The summed E-state index contributed by atoms with van der Waals surface area (Å²) in [5, 5.41) is 5.98. The lowest BCUT2D eigenvalue weighted by Crippen LogP contribution is -1.98. The second kappa shape index (κ2) is 10.3. The van der Waals surface area contributed by atoms with Crippen molar-refractivity contribution in [1.82, 2.24) is 14.5 Å². The van der Waals surface area contributed by atoms with Gasteiger partial charge in [-0.1, -0.05) is 140 Å². The van der Waals surface area contributed by atoms with E-state index < -0.39 is 0 Å². The zero-order valence-corrected chi connectivity index (χ0v) is 24.4. The Labute approximate surface area is 260 Å². The van der Waals surface area contributed by atoms with Gasteiger partial charge in [-0.2, -0.15) is 0 Å². The molecular formula is C42H27N3. The minimum atomic E-state index is 0.713. The average molecular weight is 574 g/mol. The van der Waals surface area contributed by atoms with E-state index in [1.807, 2.05) is 12.1 Å². The number of hydrogen-bond acceptors (Lipinski definition) is 2. The highest BCUT2D eigenvalue weighted by Crippen LogP contribution is 2.41. The predicted octanol–water partition coefficient (Wildman–Crippen LogP) is 10.9. The third-order valence-electron chi connectivity index (χ3n) is 8.77. The lowest BCUT2D eigenvalue weighted by molar-refractivity contribution is 1.17. The summed E-state index contributed by atoms with van der Waals surface area (Å²) >= 11 is 0. The van der Waals surface area contributed by atoms with Gasteiger partial charge >= 0.3 is 0 Å². The first-order valence-electron chi connectivity index (χ1n) is 15.3. The lowest BCUT2D eigenvalue weighted by atomic mass is 9.98. The van der Waals surface area contributed by atoms with Crippen LogP contribution in [0.2, 0.25) is 0 Å². The van der Waals surface area contributed by atoms with Crippen LogP contribution in [-0.4, -0.2) is 14.5 Å². The van der Waals surface area contributed by atoms with Crippen LogP contribution in [0.15, 0.2) is 164 Å². The number of nitrogens with zero attached hydrogens (tertiary/aromatic N) is 3. The van der Waals surface area contributed by atoms with Crippen molar-refractivity contribution >= 4 is 43.5 Å². The molecule has 2 heterocycles. The summed E-state index contributed by atoms with van der Waals surface area (Å²) in [4.78, 5) is 10.2. The summed E-state index contributed by atoms with van der Waals surface area (Å²) in [7, 11) is 0. The topological polar surface area (TPSA) is 30.7 Å². The van der Waals surface area contributed by atoms with Crippen LogP contribution in [0.4, 0.5) is 0 Å². The van der Waals surface area contributed by atoms with E-state index in [0.29, 0.717) is 5.82 Å². The zero-order valence-electron chi connectivity index (χ0n) is 24.4. The Morgan fingerprint density at radius 3 is 1.98 bits per heavy atom. The molecule has 0 bridgehead atoms. The third-order valence-corrected chi connectivity index (χ3v) is 8.77. The van der Waals surface area contributed by atoms with Gasteiger partial charge in [0.2, 0.25) is 0 Å². The first kappa shape index (κ1) is 25.4. The molecule has 7 aromatic carbocycles. The minimum Gasteiger partial charge on any atom is -0.309 e. The van der Waals surface area contributed by atoms with Crippen LogP contribution in [0.3, 0.4) is 0 Å². The minimum absolute atomic E-state index is 0.713. The van der Waals surface area contributed by atoms with Crippen LogP contribution in [-0.2, 0) is 0 Å². The molecule has 9 rings (SSSR count). The molecule has 0 aliphatic heterocycles. The molecule has 9 aromatic rings. The van der Waals surface area contributed by atoms with Crippen molar-refractivity contribution < 1.29 is 0 Å². The van der Waals surface area contributed by atoms with Gasteiger partial charge in [-0.05, 0) is 40.8 Å². The maximum Gasteiger partial charge on any atom is 0.160 e. The van der Waals surface area contributed by atoms with E-state index in [4.69, 9.17) is 9.97 Å². The molecule has 3 nitrogen and oxygen atoms in total. The fourth-order valence-electron chi connectivity index (χ4n) is 6.76. The molecule has 0 spiro atoms. The quantitative estimate of drug-likeness (QED) is 0.210. The Bertz CT molecular complexity index is 2530. The molecule has 0 N–H and O–H groups in total. The molecule has 0 aliphatic rings. The maximum atomic E-state index is 5.17. The second-order valence-corrected chi connectivity index (χ2v) is 11.4. The molecule has 0 saturated carbocycles. The molecule has 0 aliphatic carbocycles. The van der Waals surface area contributed by atoms with Gasteiger partial charge in [0, 0.05) is 38.4 Å². The summed E-state index contributed by atoms with van der Waals surface area (Å²) in [5.74, 6) is 0.713. The molecule has 0 amide bonds. The monoisotopic (exact) mass is 573 g/mol. The first-order valence-corrected chi connectivity index (χ1v) is 15.3. The second-order valence-electron chi connectivity index (χ2n) is 11.4. The summed E-state index contributed by atoms with van der Waals surface area (Å²) in [5.41, 5.74) is 9.82. The number of aromatic nitrogens is 3. The summed E-state index contributed by atoms with van der Waals surface area (Å²) in [6.45, 7) is 0. The molecule has 0 radical (unpaired) electrons. The largest absolute Gasteiger partial charge is 0.309 e. The third kappa shape index (κ3) is 4.13. The van der Waals surface area contributed by atoms with Crippen molar-refractivity contribution in [3.05, 3.63) is 164 Å². The lowest BCUT2D eigenvalue weighted by Gasteiger charge is -2.13. The van der Waals surface area contributed by atoms with E-state index in [1.165, 1.54) is 43.7 Å². The van der Waals surface area contributed by atoms with E-state index in [-0.39, 0.29) is 0 Å². The molecule has 3 heteroatoms. The SMILES string of the molecule is c1ccc(-c2nc(-c3cccc(-n4c5cccc(-c6ccccc6)c5c5ccc6ccccc6c54)c3)nc3ccccc23)cc1. The van der Waals surface area contributed by atoms with E-state index >= 15 is 0 Å². The Kier molecular flexibility index (Phi) is 5.82. The number of rotatable bonds is 4. The zero-order chi connectivity index (χ0) is 29.7. The van der Waals surface area contributed by atoms with Gasteiger partial charge in [0.25, 0.3) is 0 Å². The number of fused-ring (bicyclic) bond motifs is 6. The van der Waals surface area contributed by atoms with Crippen molar-refractivity contribution in [2.75, 3.05) is 0 Å². The summed E-state index contributed by atoms with van der Waals surface area (Å²) in [6, 6.07) is 57.8. The van der Waals surface area contributed by atoms with Crippen molar-refractivity contribution in [3.63, 3.8) is 0 Å². The van der Waals surface area contributed by atoms with Crippen LogP contribution < -0.4 is 0 Å². The highest BCUT2D eigenvalue weighted by Gasteiger charge is 2.19. The van der Waals surface area contributed by atoms with Gasteiger partial charge in [-0.15, -0.1) is 0 Å². The van der Waals surface area contributed by atoms with Gasteiger partial charge in [0.15, 0.2) is 5.82 Å². The molecule has 0 unspecified atom stereocenters. The summed E-state index contributed by atoms with van der Waals surface area (Å²) < 4.78 is 2.42. The van der Waals surface area contributed by atoms with Gasteiger partial charge in [0.05, 0.1) is 22.2 Å². The molecule has 45 heavy (non-hydrogen) atoms. The van der Waals surface area contributed by atoms with Crippen LogP contribution in [0, 0.1) is 0 Å². The van der Waals surface area contributed by atoms with E-state index in [1.54, 1.807) is 0 Å². The van der Waals surface area contributed by atoms with E-state index in [0.717, 1.165) is 33.4 Å². The highest BCUT2D eigenvalue weighted by molar-refractivity contribution is 6.22. The number of hydrogen-bond donors (Lipinski definition) is 0. The molecule has 210 valence electrons. The first-order chi connectivity index (χ1) is 22.3. The smallest absolute Gasteiger partial charge is 0.160 e. The van der Waals surface area contributed by atoms with E-state index in [2.05, 4.69) is 156 Å². The average Bonchev–Trinajstić information content (AvgIpc) is 3.47. The normalized spacial score (nSPS) is 11.6. The van der Waals surface area contributed by atoms with Crippen LogP contribution >= 0.6 is 0 Å². The van der Waals surface area contributed by atoms with Gasteiger partial charge < -0.3 is 4.57 Å². The molecular weight excluding hydrogens is 546 g/mol. The fraction of sp³-hybridized carbons (Fsp3) is 0. The van der Waals surface area contributed by atoms with Gasteiger partial charge in [-0.3, -0.25) is 0 Å². The highest BCUT2D eigenvalue weighted by atomic mass is 15.0. The van der Waals surface area contributed by atoms with Crippen LogP contribution in [0.5, 0.6) is 0 Å². The molecule has 0 fully saturated rings. The van der Waals surface area contributed by atoms with Crippen molar-refractivity contribution in [1.29, 1.82) is 0 Å². The standard InChI is InChI=1S/C42H27N3/c1-3-13-28(14-4-1)33-22-12-24-38-39(33)36-26-25-29-15-7-8-20-34(29)41(36)45(38)32-19-11-18-31(27-32)42-43-37-23-10-9-21-35(37)40(44-42)30-16-5-2-6-17-30/h1-27H. The molecule has 2 aromatic heterocycles. The van der Waals surface area contributed by atoms with Gasteiger partial charge in [-0.25, -0.2) is 9.97 Å². The van der Waals surface area contributed by atoms with Crippen LogP contribution in [0.25, 0.3) is 82.9 Å². The van der Waals surface area contributed by atoms with Crippen molar-refractivity contribution in [2.24, 2.45) is 0 Å². The summed E-state index contributed by atoms with van der Waals surface area (Å²) in [6.07, 6.45) is 0. The predicted molar refractivity (Wildman–Crippen MR) is 188 cm³/mol. The molecule has 0 saturated heterocycles. The Morgan fingerprint density at radius 1 is 0.444 bits per heavy atom. The maximum absolute atomic E-state index is 5.17. The number of benzene rings is 7. The Morgan fingerprint density at radius 2 is 1.13 bits per heavy atom. The van der Waals surface area contributed by atoms with Crippen LogP contribution in [0.1, 0.15) is 0 Å². The van der Waals surface area contributed by atoms with Crippen molar-refractivity contribution in [2.45, 2.75) is 0 Å². The fourth-order valence-corrected chi connectivity index (χ4v) is 6.76. The number of para-hydroxylation sites is 1.